The third kappa shape index (κ3) is 7.82. The van der Waals surface area contributed by atoms with E-state index < -0.39 is 13.9 Å². The Morgan fingerprint density at radius 1 is 1.04 bits per heavy atom. The van der Waals surface area contributed by atoms with Gasteiger partial charge in [0.1, 0.15) is 11.4 Å². The molecule has 1 aromatic carbocycles. The second kappa shape index (κ2) is 11.8. The van der Waals surface area contributed by atoms with E-state index in [0.29, 0.717) is 18.8 Å². The van der Waals surface area contributed by atoms with Crippen LogP contribution in [0.3, 0.4) is 0 Å². The highest BCUT2D eigenvalue weighted by molar-refractivity contribution is 7.32. The summed E-state index contributed by atoms with van der Waals surface area (Å²) in [6.45, 7) is 11.5. The molecule has 0 aromatic heterocycles. The summed E-state index contributed by atoms with van der Waals surface area (Å²) in [6.07, 6.45) is 6.20. The first-order chi connectivity index (χ1) is 12.3. The number of ether oxygens (including phenoxy) is 1. The molecular formula is C21H37O4P. The Hall–Kier alpha value is -0.830. The lowest BCUT2D eigenvalue weighted by Gasteiger charge is -2.31. The van der Waals surface area contributed by atoms with Crippen LogP contribution in [0.25, 0.3) is 0 Å². The third-order valence-electron chi connectivity index (χ3n) is 5.16. The smallest absolute Gasteiger partial charge is 0.317 e. The topological polar surface area (TPSA) is 55.8 Å². The van der Waals surface area contributed by atoms with Crippen molar-refractivity contribution in [3.63, 3.8) is 0 Å². The number of rotatable bonds is 13. The Labute approximate surface area is 160 Å². The molecule has 2 unspecified atom stereocenters. The van der Waals surface area contributed by atoms with E-state index in [4.69, 9.17) is 9.26 Å². The molecule has 0 fully saturated rings. The highest BCUT2D eigenvalue weighted by Crippen LogP contribution is 2.40. The minimum Gasteiger partial charge on any atom is -0.494 e. The second-order valence-electron chi connectivity index (χ2n) is 7.66. The fourth-order valence-electron chi connectivity index (χ4n) is 3.28. The number of hydrogen-bond acceptors (Lipinski definition) is 3. The number of benzene rings is 1. The van der Waals surface area contributed by atoms with Gasteiger partial charge in [0.25, 0.3) is 0 Å². The second-order valence-corrected chi connectivity index (χ2v) is 8.40. The Bertz CT molecular complexity index is 523. The lowest BCUT2D eigenvalue weighted by molar-refractivity contribution is 0.0535. The van der Waals surface area contributed by atoms with Gasteiger partial charge in [0.2, 0.25) is 0 Å². The standard InChI is InChI=1S/C21H37O4P/c1-6-21(7-2,25-26(22)23)19-11-13-20(14-12-19)24-16-15-18(5)10-8-9-17(3)4/h11-14,17-18,26H,6-10,15-16H2,1-5H3,(H,22,23). The van der Waals surface area contributed by atoms with Gasteiger partial charge in [-0.2, -0.15) is 0 Å². The van der Waals surface area contributed by atoms with E-state index in [1.54, 1.807) is 0 Å². The van der Waals surface area contributed by atoms with Crippen LogP contribution < -0.4 is 4.74 Å². The van der Waals surface area contributed by atoms with Crippen LogP contribution in [0.2, 0.25) is 0 Å². The monoisotopic (exact) mass is 384 g/mol. The van der Waals surface area contributed by atoms with Crippen LogP contribution in [0, 0.1) is 11.8 Å². The minimum atomic E-state index is -2.99. The van der Waals surface area contributed by atoms with Crippen molar-refractivity contribution in [2.24, 2.45) is 11.8 Å². The van der Waals surface area contributed by atoms with E-state index in [9.17, 15) is 9.46 Å². The first kappa shape index (κ1) is 23.2. The molecule has 2 atom stereocenters. The van der Waals surface area contributed by atoms with Crippen LogP contribution in [0.15, 0.2) is 24.3 Å². The molecule has 4 nitrogen and oxygen atoms in total. The summed E-state index contributed by atoms with van der Waals surface area (Å²) >= 11 is 0. The average molecular weight is 384 g/mol. The zero-order chi connectivity index (χ0) is 19.6. The summed E-state index contributed by atoms with van der Waals surface area (Å²) in [6, 6.07) is 7.74. The Morgan fingerprint density at radius 3 is 2.15 bits per heavy atom. The van der Waals surface area contributed by atoms with Gasteiger partial charge in [-0.3, -0.25) is 9.09 Å². The van der Waals surface area contributed by atoms with Gasteiger partial charge in [0.05, 0.1) is 6.61 Å². The predicted octanol–water partition coefficient (Wildman–Crippen LogP) is 6.33. The van der Waals surface area contributed by atoms with Gasteiger partial charge >= 0.3 is 8.25 Å². The molecule has 0 amide bonds. The zero-order valence-corrected chi connectivity index (χ0v) is 18.1. The third-order valence-corrected chi connectivity index (χ3v) is 5.73. The Kier molecular flexibility index (Phi) is 10.5. The lowest BCUT2D eigenvalue weighted by atomic mass is 9.89. The molecule has 5 heteroatoms. The maximum atomic E-state index is 11.2. The molecule has 0 spiro atoms. The van der Waals surface area contributed by atoms with E-state index in [2.05, 4.69) is 20.8 Å². The fraction of sp³-hybridized carbons (Fsp3) is 0.714. The van der Waals surface area contributed by atoms with Crippen molar-refractivity contribution < 1.29 is 18.7 Å². The molecule has 1 rings (SSSR count). The van der Waals surface area contributed by atoms with Crippen molar-refractivity contribution in [1.29, 1.82) is 0 Å². The zero-order valence-electron chi connectivity index (χ0n) is 17.1. The van der Waals surface area contributed by atoms with Gasteiger partial charge in [-0.05, 0) is 48.8 Å². The molecule has 150 valence electrons. The van der Waals surface area contributed by atoms with Crippen molar-refractivity contribution in [2.75, 3.05) is 6.61 Å². The van der Waals surface area contributed by atoms with Crippen molar-refractivity contribution in [2.45, 2.75) is 78.7 Å². The largest absolute Gasteiger partial charge is 0.494 e. The normalized spacial score (nSPS) is 14.4. The van der Waals surface area contributed by atoms with Crippen LogP contribution in [0.5, 0.6) is 5.75 Å². The molecule has 1 aromatic rings. The van der Waals surface area contributed by atoms with E-state index >= 15 is 0 Å². The first-order valence-electron chi connectivity index (χ1n) is 9.98. The van der Waals surface area contributed by atoms with Crippen LogP contribution in [0.1, 0.15) is 78.7 Å². The molecule has 0 aliphatic heterocycles. The molecule has 1 N–H and O–H groups in total. The molecular weight excluding hydrogens is 347 g/mol. The molecule has 0 saturated carbocycles. The average Bonchev–Trinajstić information content (AvgIpc) is 2.60. The molecule has 0 radical (unpaired) electrons. The number of hydrogen-bond donors (Lipinski definition) is 1. The van der Waals surface area contributed by atoms with E-state index in [1.165, 1.54) is 19.3 Å². The van der Waals surface area contributed by atoms with Gasteiger partial charge < -0.3 is 9.63 Å². The summed E-state index contributed by atoms with van der Waals surface area (Å²) < 4.78 is 22.5. The predicted molar refractivity (Wildman–Crippen MR) is 109 cm³/mol. The van der Waals surface area contributed by atoms with Crippen LogP contribution >= 0.6 is 8.25 Å². The molecule has 0 aliphatic rings. The highest BCUT2D eigenvalue weighted by Gasteiger charge is 2.31. The van der Waals surface area contributed by atoms with Crippen molar-refractivity contribution in [1.82, 2.24) is 0 Å². The van der Waals surface area contributed by atoms with Gasteiger partial charge in [-0.15, -0.1) is 0 Å². The highest BCUT2D eigenvalue weighted by atomic mass is 31.1. The summed E-state index contributed by atoms with van der Waals surface area (Å²) in [5, 5.41) is 0. The van der Waals surface area contributed by atoms with Crippen LogP contribution in [-0.2, 0) is 14.7 Å². The Morgan fingerprint density at radius 2 is 1.65 bits per heavy atom. The summed E-state index contributed by atoms with van der Waals surface area (Å²) in [4.78, 5) is 9.23. The van der Waals surface area contributed by atoms with Crippen LogP contribution in [0.4, 0.5) is 0 Å². The Balaban J connectivity index is 2.52. The maximum absolute atomic E-state index is 11.2. The summed E-state index contributed by atoms with van der Waals surface area (Å²) in [5.74, 6) is 2.29. The SMILES string of the molecule is CCC(CC)(O[PH](=O)O)c1ccc(OCCC(C)CCCC(C)C)cc1. The lowest BCUT2D eigenvalue weighted by Crippen LogP contribution is -2.25. The summed E-state index contributed by atoms with van der Waals surface area (Å²) in [5.41, 5.74) is 0.221. The van der Waals surface area contributed by atoms with Gasteiger partial charge in [-0.1, -0.05) is 66.0 Å². The molecule has 0 saturated heterocycles. The minimum absolute atomic E-state index is 0.647. The quantitative estimate of drug-likeness (QED) is 0.404. The summed E-state index contributed by atoms with van der Waals surface area (Å²) in [7, 11) is -2.99. The molecule has 0 aliphatic carbocycles. The first-order valence-corrected chi connectivity index (χ1v) is 11.2. The van der Waals surface area contributed by atoms with E-state index in [1.807, 2.05) is 38.1 Å². The van der Waals surface area contributed by atoms with E-state index in [-0.39, 0.29) is 0 Å². The van der Waals surface area contributed by atoms with Gasteiger partial charge in [0, 0.05) is 0 Å². The molecule has 0 heterocycles. The van der Waals surface area contributed by atoms with Crippen LogP contribution in [-0.4, -0.2) is 11.5 Å². The van der Waals surface area contributed by atoms with E-state index in [0.717, 1.165) is 30.3 Å². The molecule has 0 bridgehead atoms. The molecule has 26 heavy (non-hydrogen) atoms. The van der Waals surface area contributed by atoms with Gasteiger partial charge in [-0.25, -0.2) is 0 Å². The fourth-order valence-corrected chi connectivity index (χ4v) is 4.02. The maximum Gasteiger partial charge on any atom is 0.317 e. The van der Waals surface area contributed by atoms with Crippen molar-refractivity contribution in [3.05, 3.63) is 29.8 Å². The van der Waals surface area contributed by atoms with Crippen molar-refractivity contribution in [3.8, 4) is 5.75 Å². The van der Waals surface area contributed by atoms with Crippen molar-refractivity contribution >= 4 is 8.25 Å². The van der Waals surface area contributed by atoms with Gasteiger partial charge in [0.15, 0.2) is 0 Å².